The van der Waals surface area contributed by atoms with Gasteiger partial charge in [0, 0.05) is 5.56 Å². The fourth-order valence-corrected chi connectivity index (χ4v) is 4.21. The van der Waals surface area contributed by atoms with E-state index in [0.717, 1.165) is 11.1 Å². The van der Waals surface area contributed by atoms with E-state index < -0.39 is 12.0 Å². The number of carbonyl (C=O) groups is 2. The fraction of sp³-hybridized carbons (Fsp3) is 0.190. The molecule has 1 saturated heterocycles. The van der Waals surface area contributed by atoms with Crippen molar-refractivity contribution in [1.29, 1.82) is 0 Å². The van der Waals surface area contributed by atoms with Crippen molar-refractivity contribution in [3.05, 3.63) is 77.4 Å². The minimum atomic E-state index is -0.546. The lowest BCUT2D eigenvalue weighted by molar-refractivity contribution is -0.139. The molecule has 2 aliphatic heterocycles. The Balaban J connectivity index is 1.97. The number of carbonyl (C=O) groups excluding carboxylic acids is 2. The summed E-state index contributed by atoms with van der Waals surface area (Å²) in [5, 5.41) is 0.626. The summed E-state index contributed by atoms with van der Waals surface area (Å²) in [7, 11) is 0. The van der Waals surface area contributed by atoms with Crippen molar-refractivity contribution in [2.24, 2.45) is 4.99 Å². The normalized spacial score (nSPS) is 19.0. The molecular weight excluding hydrogens is 360 g/mol. The third-order valence-electron chi connectivity index (χ3n) is 4.45. The molecule has 0 radical (unpaired) electrons. The highest BCUT2D eigenvalue weighted by Gasteiger charge is 2.44. The van der Waals surface area contributed by atoms with Crippen molar-refractivity contribution in [3.63, 3.8) is 0 Å². The second-order valence-corrected chi connectivity index (χ2v) is 7.05. The number of aliphatic imine (C=N–C) groups is 1. The van der Waals surface area contributed by atoms with Crippen molar-refractivity contribution < 1.29 is 14.3 Å². The van der Waals surface area contributed by atoms with E-state index in [1.54, 1.807) is 11.8 Å². The number of hydrogen-bond donors (Lipinski definition) is 0. The van der Waals surface area contributed by atoms with Crippen LogP contribution in [0.1, 0.15) is 24.1 Å². The Morgan fingerprint density at radius 1 is 1.15 bits per heavy atom. The Bertz CT molecular complexity index is 938. The Hall–Kier alpha value is -2.86. The zero-order chi connectivity index (χ0) is 18.8. The fourth-order valence-electron chi connectivity index (χ4n) is 3.31. The Morgan fingerprint density at radius 2 is 1.81 bits per heavy atom. The number of amides is 1. The predicted octanol–water partition coefficient (Wildman–Crippen LogP) is 3.65. The number of thioether (sulfide) groups is 1. The van der Waals surface area contributed by atoms with Crippen LogP contribution < -0.4 is 0 Å². The van der Waals surface area contributed by atoms with E-state index in [4.69, 9.17) is 4.74 Å². The molecule has 1 fully saturated rings. The van der Waals surface area contributed by atoms with Gasteiger partial charge in [0.1, 0.15) is 0 Å². The van der Waals surface area contributed by atoms with Gasteiger partial charge in [0.25, 0.3) is 0 Å². The van der Waals surface area contributed by atoms with Crippen molar-refractivity contribution in [2.45, 2.75) is 13.0 Å². The van der Waals surface area contributed by atoms with Crippen LogP contribution in [0.15, 0.2) is 71.2 Å². The van der Waals surface area contributed by atoms with Crippen LogP contribution in [0.25, 0.3) is 5.70 Å². The van der Waals surface area contributed by atoms with Crippen molar-refractivity contribution in [3.8, 4) is 0 Å². The minimum absolute atomic E-state index is 0.0542. The van der Waals surface area contributed by atoms with Gasteiger partial charge in [0.15, 0.2) is 5.17 Å². The molecule has 0 saturated carbocycles. The maximum absolute atomic E-state index is 13.0. The Morgan fingerprint density at radius 3 is 2.48 bits per heavy atom. The number of esters is 1. The average molecular weight is 378 g/mol. The van der Waals surface area contributed by atoms with Gasteiger partial charge in [-0.25, -0.2) is 9.79 Å². The maximum Gasteiger partial charge on any atom is 0.338 e. The highest BCUT2D eigenvalue weighted by Crippen LogP contribution is 2.43. The van der Waals surface area contributed by atoms with Gasteiger partial charge in [-0.05, 0) is 12.5 Å². The van der Waals surface area contributed by atoms with Gasteiger partial charge in [-0.3, -0.25) is 9.69 Å². The summed E-state index contributed by atoms with van der Waals surface area (Å²) in [6.07, 6.45) is 0. The minimum Gasteiger partial charge on any atom is -0.463 e. The van der Waals surface area contributed by atoms with Crippen LogP contribution in [-0.2, 0) is 14.3 Å². The van der Waals surface area contributed by atoms with Crippen molar-refractivity contribution >= 4 is 34.5 Å². The van der Waals surface area contributed by atoms with Gasteiger partial charge in [0.05, 0.1) is 29.7 Å². The highest BCUT2D eigenvalue weighted by molar-refractivity contribution is 8.15. The molecule has 1 amide bonds. The van der Waals surface area contributed by atoms with Crippen molar-refractivity contribution in [2.75, 3.05) is 12.4 Å². The molecule has 0 aromatic heterocycles. The van der Waals surface area contributed by atoms with Gasteiger partial charge in [-0.1, -0.05) is 72.4 Å². The van der Waals surface area contributed by atoms with Crippen molar-refractivity contribution in [1.82, 2.24) is 4.90 Å². The van der Waals surface area contributed by atoms with E-state index in [9.17, 15) is 9.59 Å². The molecule has 2 heterocycles. The summed E-state index contributed by atoms with van der Waals surface area (Å²) in [6, 6.07) is 18.6. The zero-order valence-corrected chi connectivity index (χ0v) is 15.6. The zero-order valence-electron chi connectivity index (χ0n) is 14.8. The topological polar surface area (TPSA) is 59.0 Å². The molecule has 0 aliphatic carbocycles. The van der Waals surface area contributed by atoms with Gasteiger partial charge >= 0.3 is 5.97 Å². The summed E-state index contributed by atoms with van der Waals surface area (Å²) in [5.41, 5.74) is 2.65. The summed E-state index contributed by atoms with van der Waals surface area (Å²) in [5.74, 6) is -0.181. The number of ether oxygens (including phenoxy) is 1. The first-order valence-electron chi connectivity index (χ1n) is 8.76. The van der Waals surface area contributed by atoms with Gasteiger partial charge < -0.3 is 4.74 Å². The molecule has 1 atom stereocenters. The van der Waals surface area contributed by atoms with Crippen LogP contribution in [0.5, 0.6) is 0 Å². The van der Waals surface area contributed by atoms with Crippen LogP contribution in [0.3, 0.4) is 0 Å². The first-order chi connectivity index (χ1) is 13.2. The molecule has 0 N–H and O–H groups in total. The Kier molecular flexibility index (Phi) is 4.81. The Labute approximate surface area is 161 Å². The van der Waals surface area contributed by atoms with E-state index in [1.807, 2.05) is 60.7 Å². The molecule has 5 nitrogen and oxygen atoms in total. The van der Waals surface area contributed by atoms with Gasteiger partial charge in [0.2, 0.25) is 5.91 Å². The standard InChI is InChI=1S/C21H18N2O3S/c1-2-26-20(25)17-18(14-9-5-3-6-10-14)22-21-23(16(24)13-27-21)19(17)15-11-7-4-8-12-15/h3-12,19H,2,13H2,1H3/t19-/m0/s1. The molecule has 2 aromatic rings. The number of nitrogens with zero attached hydrogens (tertiary/aromatic N) is 2. The first-order valence-corrected chi connectivity index (χ1v) is 9.74. The third kappa shape index (κ3) is 3.17. The molecule has 2 aliphatic rings. The molecule has 0 unspecified atom stereocenters. The van der Waals surface area contributed by atoms with Gasteiger partial charge in [-0.15, -0.1) is 0 Å². The second-order valence-electron chi connectivity index (χ2n) is 6.11. The van der Waals surface area contributed by atoms with Gasteiger partial charge in [-0.2, -0.15) is 0 Å². The summed E-state index contributed by atoms with van der Waals surface area (Å²) < 4.78 is 5.36. The smallest absolute Gasteiger partial charge is 0.338 e. The van der Waals surface area contributed by atoms with Crippen LogP contribution in [-0.4, -0.2) is 34.3 Å². The maximum atomic E-state index is 13.0. The molecule has 136 valence electrons. The summed E-state index contributed by atoms with van der Waals surface area (Å²) >= 11 is 1.40. The molecule has 0 bridgehead atoms. The molecule has 27 heavy (non-hydrogen) atoms. The number of benzene rings is 2. The van der Waals surface area contributed by atoms with Crippen LogP contribution in [0.4, 0.5) is 0 Å². The summed E-state index contributed by atoms with van der Waals surface area (Å²) in [6.45, 7) is 2.03. The van der Waals surface area contributed by atoms with Crippen LogP contribution in [0, 0.1) is 0 Å². The lowest BCUT2D eigenvalue weighted by Crippen LogP contribution is -2.39. The quantitative estimate of drug-likeness (QED) is 0.762. The van der Waals surface area contributed by atoms with E-state index in [2.05, 4.69) is 4.99 Å². The number of rotatable bonds is 4. The molecular formula is C21H18N2O3S. The molecule has 4 rings (SSSR count). The van der Waals surface area contributed by atoms with E-state index in [-0.39, 0.29) is 12.5 Å². The van der Waals surface area contributed by atoms with E-state index >= 15 is 0 Å². The SMILES string of the molecule is CCOC(=O)C1=C(c2ccccc2)N=C2SCC(=O)N2[C@H]1c1ccccc1. The van der Waals surface area contributed by atoms with Crippen LogP contribution in [0.2, 0.25) is 0 Å². The van der Waals surface area contributed by atoms with E-state index in [1.165, 1.54) is 11.8 Å². The average Bonchev–Trinajstić information content (AvgIpc) is 3.09. The van der Waals surface area contributed by atoms with Crippen LogP contribution >= 0.6 is 11.8 Å². The number of amidine groups is 1. The lowest BCUT2D eigenvalue weighted by atomic mass is 9.92. The lowest BCUT2D eigenvalue weighted by Gasteiger charge is -2.33. The second kappa shape index (κ2) is 7.40. The molecule has 6 heteroatoms. The largest absolute Gasteiger partial charge is 0.463 e. The third-order valence-corrected chi connectivity index (χ3v) is 5.39. The first kappa shape index (κ1) is 17.5. The summed E-state index contributed by atoms with van der Waals surface area (Å²) in [4.78, 5) is 31.9. The molecule has 2 aromatic carbocycles. The predicted molar refractivity (Wildman–Crippen MR) is 106 cm³/mol. The highest BCUT2D eigenvalue weighted by atomic mass is 32.2. The molecule has 0 spiro atoms. The number of hydrogen-bond acceptors (Lipinski definition) is 5. The monoisotopic (exact) mass is 378 g/mol. The van der Waals surface area contributed by atoms with E-state index in [0.29, 0.717) is 22.2 Å². The number of fused-ring (bicyclic) bond motifs is 1.